The summed E-state index contributed by atoms with van der Waals surface area (Å²) in [7, 11) is 0. The maximum absolute atomic E-state index is 15.2. The van der Waals surface area contributed by atoms with Crippen molar-refractivity contribution in [2.45, 2.75) is 25.6 Å². The molecule has 5 nitrogen and oxygen atoms in total. The third-order valence-corrected chi connectivity index (χ3v) is 5.85. The second kappa shape index (κ2) is 7.12. The fourth-order valence-electron chi connectivity index (χ4n) is 3.79. The first-order chi connectivity index (χ1) is 15.3. The van der Waals surface area contributed by atoms with Crippen LogP contribution in [0.5, 0.6) is 0 Å². The van der Waals surface area contributed by atoms with Gasteiger partial charge >= 0.3 is 6.18 Å². The van der Waals surface area contributed by atoms with Crippen LogP contribution in [0, 0.1) is 17.9 Å². The Hall–Kier alpha value is -3.80. The summed E-state index contributed by atoms with van der Waals surface area (Å²) in [5, 5.41) is 4.80. The number of hydrogen-bond acceptors (Lipinski definition) is 3. The predicted octanol–water partition coefficient (Wildman–Crippen LogP) is 6.19. The first-order valence-electron chi connectivity index (χ1n) is 9.83. The van der Waals surface area contributed by atoms with Gasteiger partial charge in [0.05, 0.1) is 29.2 Å². The zero-order valence-corrected chi connectivity index (χ0v) is 16.6. The average Bonchev–Trinajstić information content (AvgIpc) is 3.51. The third kappa shape index (κ3) is 3.28. The van der Waals surface area contributed by atoms with E-state index in [1.54, 1.807) is 24.4 Å². The molecule has 0 radical (unpaired) electrons. The number of pyridine rings is 2. The Labute approximate surface area is 180 Å². The minimum absolute atomic E-state index is 0.0307. The van der Waals surface area contributed by atoms with Crippen LogP contribution in [-0.4, -0.2) is 25.9 Å². The van der Waals surface area contributed by atoms with Crippen molar-refractivity contribution in [1.82, 2.24) is 19.7 Å². The molecule has 3 aromatic heterocycles. The van der Waals surface area contributed by atoms with Gasteiger partial charge < -0.3 is 4.85 Å². The maximum atomic E-state index is 15.2. The smallest absolute Gasteiger partial charge is 0.361 e. The molecule has 3 heterocycles. The number of benzene rings is 1. The van der Waals surface area contributed by atoms with Gasteiger partial charge in [-0.05, 0) is 37.1 Å². The third-order valence-electron chi connectivity index (χ3n) is 5.85. The van der Waals surface area contributed by atoms with Crippen LogP contribution in [0.2, 0.25) is 0 Å². The van der Waals surface area contributed by atoms with E-state index in [1.807, 2.05) is 18.2 Å². The van der Waals surface area contributed by atoms with E-state index in [-0.39, 0.29) is 24.2 Å². The van der Waals surface area contributed by atoms with E-state index < -0.39 is 24.1 Å². The molecule has 0 unspecified atom stereocenters. The minimum atomic E-state index is -4.41. The minimum Gasteiger partial charge on any atom is -0.361 e. The fraction of sp³-hybridized carbons (Fsp3) is 0.217. The van der Waals surface area contributed by atoms with Gasteiger partial charge in [-0.1, -0.05) is 24.8 Å². The van der Waals surface area contributed by atoms with Crippen molar-refractivity contribution in [3.8, 4) is 22.4 Å². The van der Waals surface area contributed by atoms with Gasteiger partial charge in [-0.15, -0.1) is 4.98 Å². The summed E-state index contributed by atoms with van der Waals surface area (Å²) in [6, 6.07) is 12.1. The van der Waals surface area contributed by atoms with E-state index >= 15 is 4.39 Å². The number of nitrogens with zero attached hydrogens (tertiary/aromatic N) is 5. The Bertz CT molecular complexity index is 1380. The first kappa shape index (κ1) is 20.1. The summed E-state index contributed by atoms with van der Waals surface area (Å²) in [5.41, 5.74) is 0.0922. The monoisotopic (exact) mass is 437 g/mol. The largest absolute Gasteiger partial charge is 0.396 e. The lowest BCUT2D eigenvalue weighted by Crippen LogP contribution is -2.30. The van der Waals surface area contributed by atoms with Gasteiger partial charge in [-0.3, -0.25) is 4.98 Å². The summed E-state index contributed by atoms with van der Waals surface area (Å²) >= 11 is 0. The van der Waals surface area contributed by atoms with Crippen LogP contribution < -0.4 is 0 Å². The summed E-state index contributed by atoms with van der Waals surface area (Å²) in [5.74, 6) is -0.746. The van der Waals surface area contributed by atoms with Crippen molar-refractivity contribution >= 4 is 16.7 Å². The second-order valence-electron chi connectivity index (χ2n) is 7.87. The molecule has 0 saturated heterocycles. The van der Waals surface area contributed by atoms with Crippen molar-refractivity contribution in [3.63, 3.8) is 0 Å². The zero-order valence-electron chi connectivity index (χ0n) is 16.6. The molecular weight excluding hydrogens is 422 g/mol. The Morgan fingerprint density at radius 3 is 2.62 bits per heavy atom. The topological polar surface area (TPSA) is 48.0 Å². The number of rotatable bonds is 4. The van der Waals surface area contributed by atoms with Crippen LogP contribution in [0.25, 0.3) is 38.1 Å². The van der Waals surface area contributed by atoms with Crippen molar-refractivity contribution in [1.29, 1.82) is 0 Å². The van der Waals surface area contributed by atoms with Gasteiger partial charge in [0.2, 0.25) is 5.95 Å². The lowest BCUT2D eigenvalue weighted by molar-refractivity contribution is -0.192. The Morgan fingerprint density at radius 1 is 1.09 bits per heavy atom. The van der Waals surface area contributed by atoms with Gasteiger partial charge in [0, 0.05) is 22.7 Å². The van der Waals surface area contributed by atoms with Crippen LogP contribution in [0.3, 0.4) is 0 Å². The van der Waals surface area contributed by atoms with Crippen LogP contribution in [0.1, 0.15) is 12.8 Å². The van der Waals surface area contributed by atoms with Crippen LogP contribution in [0.4, 0.5) is 23.4 Å². The van der Waals surface area contributed by atoms with Crippen molar-refractivity contribution in [2.75, 3.05) is 0 Å². The molecule has 0 amide bonds. The highest BCUT2D eigenvalue weighted by atomic mass is 19.4. The first-order valence-corrected chi connectivity index (χ1v) is 9.83. The molecule has 0 spiro atoms. The highest BCUT2D eigenvalue weighted by Crippen LogP contribution is 2.58. The highest BCUT2D eigenvalue weighted by molar-refractivity contribution is 5.88. The van der Waals surface area contributed by atoms with Gasteiger partial charge in [-0.2, -0.15) is 22.7 Å². The molecule has 160 valence electrons. The predicted molar refractivity (Wildman–Crippen MR) is 110 cm³/mol. The number of hydrogen-bond donors (Lipinski definition) is 0. The van der Waals surface area contributed by atoms with Crippen molar-refractivity contribution < 1.29 is 17.6 Å². The number of alkyl halides is 3. The molecular formula is C23H15F4N5. The van der Waals surface area contributed by atoms with Crippen LogP contribution in [-0.2, 0) is 6.54 Å². The number of aromatic nitrogens is 4. The Morgan fingerprint density at radius 2 is 1.91 bits per heavy atom. The van der Waals surface area contributed by atoms with E-state index in [0.717, 1.165) is 10.1 Å². The molecule has 1 saturated carbocycles. The molecule has 0 N–H and O–H groups in total. The van der Waals surface area contributed by atoms with Gasteiger partial charge in [0.25, 0.3) is 5.82 Å². The SMILES string of the molecule is [C-]#[N+]c1ccc(-c2cnn(CC3(C(F)(F)F)CC3)c2F)c(-c2ccc3cccnc3c2)n1. The quantitative estimate of drug-likeness (QED) is 0.282. The van der Waals surface area contributed by atoms with Crippen molar-refractivity contribution in [2.24, 2.45) is 5.41 Å². The second-order valence-corrected chi connectivity index (χ2v) is 7.87. The zero-order chi connectivity index (χ0) is 22.5. The molecule has 9 heteroatoms. The molecule has 4 aromatic rings. The Kier molecular flexibility index (Phi) is 4.48. The molecule has 1 fully saturated rings. The van der Waals surface area contributed by atoms with Gasteiger partial charge in [0.1, 0.15) is 0 Å². The van der Waals surface area contributed by atoms with E-state index in [2.05, 4.69) is 19.9 Å². The standard InChI is InChI=1S/C23H15F4N5/c1-28-19-7-6-16(20(31-19)15-5-4-14-3-2-10-29-18(14)11-15)17-12-30-32(21(17)24)13-22(8-9-22)23(25,26)27/h2-7,10-12H,8-9,13H2. The van der Waals surface area contributed by atoms with Crippen LogP contribution in [0.15, 0.2) is 54.9 Å². The van der Waals surface area contributed by atoms with E-state index in [9.17, 15) is 13.2 Å². The number of fused-ring (bicyclic) bond motifs is 1. The summed E-state index contributed by atoms with van der Waals surface area (Å²) < 4.78 is 56.0. The fourth-order valence-corrected chi connectivity index (χ4v) is 3.79. The molecule has 0 aliphatic heterocycles. The number of halogens is 4. The lowest BCUT2D eigenvalue weighted by Gasteiger charge is -2.19. The van der Waals surface area contributed by atoms with Gasteiger partial charge in [0.15, 0.2) is 5.69 Å². The summed E-state index contributed by atoms with van der Waals surface area (Å²) in [6.07, 6.45) is -1.63. The summed E-state index contributed by atoms with van der Waals surface area (Å²) in [6.45, 7) is 6.71. The molecule has 0 atom stereocenters. The molecule has 1 aliphatic rings. The average molecular weight is 437 g/mol. The molecule has 0 bridgehead atoms. The molecule has 1 aliphatic carbocycles. The summed E-state index contributed by atoms with van der Waals surface area (Å²) in [4.78, 5) is 12.0. The van der Waals surface area contributed by atoms with Crippen molar-refractivity contribution in [3.05, 3.63) is 72.2 Å². The maximum Gasteiger partial charge on any atom is 0.396 e. The Balaban J connectivity index is 1.60. The molecule has 5 rings (SSSR count). The lowest BCUT2D eigenvalue weighted by atomic mass is 10.00. The van der Waals surface area contributed by atoms with Gasteiger partial charge in [-0.25, -0.2) is 4.68 Å². The molecule has 32 heavy (non-hydrogen) atoms. The normalized spacial score (nSPS) is 15.0. The van der Waals surface area contributed by atoms with E-state index in [4.69, 9.17) is 6.57 Å². The van der Waals surface area contributed by atoms with Crippen LogP contribution >= 0.6 is 0 Å². The van der Waals surface area contributed by atoms with E-state index in [0.29, 0.717) is 22.3 Å². The molecule has 1 aromatic carbocycles. The highest BCUT2D eigenvalue weighted by Gasteiger charge is 2.63. The van der Waals surface area contributed by atoms with E-state index in [1.165, 1.54) is 12.3 Å².